The summed E-state index contributed by atoms with van der Waals surface area (Å²) >= 11 is 0. The molecule has 108 valence electrons. The molecule has 0 aliphatic heterocycles. The van der Waals surface area contributed by atoms with Gasteiger partial charge in [0, 0.05) is 0 Å². The third-order valence-electron chi connectivity index (χ3n) is 6.96. The molecule has 0 aromatic heterocycles. The zero-order chi connectivity index (χ0) is 12.7. The van der Waals surface area contributed by atoms with Gasteiger partial charge in [-0.3, -0.25) is 0 Å². The summed E-state index contributed by atoms with van der Waals surface area (Å²) in [5.74, 6) is 6.54. The molecule has 1 nitrogen and oxygen atoms in total. The van der Waals surface area contributed by atoms with Gasteiger partial charge in [0.1, 0.15) is 0 Å². The normalized spacial score (nSPS) is 45.8. The molecular formula is C18H31N. The monoisotopic (exact) mass is 261 g/mol. The minimum atomic E-state index is 1.01. The molecule has 4 bridgehead atoms. The lowest BCUT2D eigenvalue weighted by atomic mass is 9.52. The smallest absolute Gasteiger partial charge is 0.00151 e. The van der Waals surface area contributed by atoms with Crippen molar-refractivity contribution in [2.45, 2.75) is 64.2 Å². The van der Waals surface area contributed by atoms with Crippen LogP contribution in [0.2, 0.25) is 0 Å². The molecule has 0 atom stereocenters. The van der Waals surface area contributed by atoms with Crippen LogP contribution in [0.4, 0.5) is 0 Å². The van der Waals surface area contributed by atoms with Gasteiger partial charge in [-0.05, 0) is 93.5 Å². The number of hydrogen-bond acceptors (Lipinski definition) is 1. The van der Waals surface area contributed by atoms with Gasteiger partial charge < -0.3 is 5.32 Å². The fraction of sp³-hybridized carbons (Fsp3) is 1.00. The van der Waals surface area contributed by atoms with Gasteiger partial charge in [0.25, 0.3) is 0 Å². The van der Waals surface area contributed by atoms with Crippen molar-refractivity contribution in [3.63, 3.8) is 0 Å². The van der Waals surface area contributed by atoms with Crippen molar-refractivity contribution in [3.8, 4) is 0 Å². The largest absolute Gasteiger partial charge is 0.316 e. The van der Waals surface area contributed by atoms with E-state index in [-0.39, 0.29) is 0 Å². The minimum Gasteiger partial charge on any atom is -0.316 e. The third kappa shape index (κ3) is 2.60. The topological polar surface area (TPSA) is 12.0 Å². The molecule has 0 amide bonds. The molecule has 5 aliphatic carbocycles. The number of hydrogen-bond donors (Lipinski definition) is 1. The van der Waals surface area contributed by atoms with Gasteiger partial charge in [0.05, 0.1) is 0 Å². The van der Waals surface area contributed by atoms with Gasteiger partial charge in [-0.2, -0.15) is 0 Å². The highest BCUT2D eigenvalue weighted by molar-refractivity contribution is 4.98. The maximum Gasteiger partial charge on any atom is -0.00151 e. The highest BCUT2D eigenvalue weighted by Gasteiger charge is 2.47. The second-order valence-corrected chi connectivity index (χ2v) is 8.26. The SMILES string of the molecule is C1CCC(CNCC2C3CC4CC(C3)CC2C4)CC1. The molecule has 1 N–H and O–H groups in total. The van der Waals surface area contributed by atoms with Gasteiger partial charge in [-0.15, -0.1) is 0 Å². The van der Waals surface area contributed by atoms with E-state index in [9.17, 15) is 0 Å². The first-order chi connectivity index (χ1) is 9.38. The highest BCUT2D eigenvalue weighted by Crippen LogP contribution is 2.56. The molecule has 19 heavy (non-hydrogen) atoms. The molecular weight excluding hydrogens is 230 g/mol. The maximum atomic E-state index is 3.88. The Morgan fingerprint density at radius 1 is 0.684 bits per heavy atom. The Morgan fingerprint density at radius 3 is 1.95 bits per heavy atom. The van der Waals surface area contributed by atoms with Crippen molar-refractivity contribution in [2.75, 3.05) is 13.1 Å². The Morgan fingerprint density at radius 2 is 1.32 bits per heavy atom. The molecule has 5 aliphatic rings. The summed E-state index contributed by atoms with van der Waals surface area (Å²) in [5, 5.41) is 3.88. The van der Waals surface area contributed by atoms with Crippen LogP contribution in [-0.4, -0.2) is 13.1 Å². The van der Waals surface area contributed by atoms with Crippen LogP contribution in [0.25, 0.3) is 0 Å². The van der Waals surface area contributed by atoms with E-state index in [0.29, 0.717) is 0 Å². The highest BCUT2D eigenvalue weighted by atomic mass is 14.9. The predicted octanol–water partition coefficient (Wildman–Crippen LogP) is 4.23. The summed E-state index contributed by atoms with van der Waals surface area (Å²) in [6, 6.07) is 0. The lowest BCUT2D eigenvalue weighted by Crippen LogP contribution is -2.48. The molecule has 5 rings (SSSR count). The number of rotatable bonds is 4. The van der Waals surface area contributed by atoms with Crippen LogP contribution in [0, 0.1) is 35.5 Å². The van der Waals surface area contributed by atoms with Crippen molar-refractivity contribution < 1.29 is 0 Å². The zero-order valence-electron chi connectivity index (χ0n) is 12.4. The van der Waals surface area contributed by atoms with E-state index in [1.807, 2.05) is 0 Å². The number of nitrogens with one attached hydrogen (secondary N) is 1. The van der Waals surface area contributed by atoms with E-state index < -0.39 is 0 Å². The van der Waals surface area contributed by atoms with E-state index in [4.69, 9.17) is 0 Å². The minimum absolute atomic E-state index is 1.01. The Labute approximate surface area is 118 Å². The first-order valence-corrected chi connectivity index (χ1v) is 9.09. The van der Waals surface area contributed by atoms with Crippen molar-refractivity contribution in [1.82, 2.24) is 5.32 Å². The van der Waals surface area contributed by atoms with Crippen LogP contribution in [0.15, 0.2) is 0 Å². The van der Waals surface area contributed by atoms with Crippen molar-refractivity contribution in [3.05, 3.63) is 0 Å². The van der Waals surface area contributed by atoms with E-state index in [0.717, 1.165) is 35.5 Å². The first kappa shape index (κ1) is 12.7. The van der Waals surface area contributed by atoms with E-state index in [2.05, 4.69) is 5.32 Å². The summed E-state index contributed by atoms with van der Waals surface area (Å²) in [6.45, 7) is 2.67. The van der Waals surface area contributed by atoms with Crippen LogP contribution in [0.1, 0.15) is 64.2 Å². The zero-order valence-corrected chi connectivity index (χ0v) is 12.4. The van der Waals surface area contributed by atoms with Crippen molar-refractivity contribution in [2.24, 2.45) is 35.5 Å². The van der Waals surface area contributed by atoms with Crippen LogP contribution in [0.3, 0.4) is 0 Å². The van der Waals surface area contributed by atoms with E-state index >= 15 is 0 Å². The summed E-state index contributed by atoms with van der Waals surface area (Å²) in [7, 11) is 0. The van der Waals surface area contributed by atoms with Crippen LogP contribution in [-0.2, 0) is 0 Å². The second-order valence-electron chi connectivity index (χ2n) is 8.26. The average molecular weight is 261 g/mol. The quantitative estimate of drug-likeness (QED) is 0.798. The molecule has 0 radical (unpaired) electrons. The lowest BCUT2D eigenvalue weighted by Gasteiger charge is -2.54. The average Bonchev–Trinajstić information content (AvgIpc) is 2.42. The molecule has 0 heterocycles. The van der Waals surface area contributed by atoms with Gasteiger partial charge in [-0.1, -0.05) is 19.3 Å². The van der Waals surface area contributed by atoms with Gasteiger partial charge >= 0.3 is 0 Å². The Hall–Kier alpha value is -0.0400. The van der Waals surface area contributed by atoms with Gasteiger partial charge in [0.15, 0.2) is 0 Å². The van der Waals surface area contributed by atoms with E-state index in [1.54, 1.807) is 32.1 Å². The Balaban J connectivity index is 1.26. The molecule has 0 saturated heterocycles. The summed E-state index contributed by atoms with van der Waals surface area (Å²) < 4.78 is 0. The third-order valence-corrected chi connectivity index (χ3v) is 6.96. The second kappa shape index (κ2) is 5.39. The molecule has 0 aromatic rings. The van der Waals surface area contributed by atoms with Gasteiger partial charge in [0.2, 0.25) is 0 Å². The first-order valence-electron chi connectivity index (χ1n) is 9.09. The standard InChI is InChI=1S/C18H31N/c1-2-4-13(5-3-1)11-19-12-18-16-7-14-6-15(9-16)10-17(18)8-14/h13-19H,1-12H2. The van der Waals surface area contributed by atoms with Crippen LogP contribution >= 0.6 is 0 Å². The Bertz CT molecular complexity index is 277. The summed E-state index contributed by atoms with van der Waals surface area (Å²) in [5.41, 5.74) is 0. The molecule has 0 aromatic carbocycles. The summed E-state index contributed by atoms with van der Waals surface area (Å²) in [6.07, 6.45) is 15.4. The van der Waals surface area contributed by atoms with Gasteiger partial charge in [-0.25, -0.2) is 0 Å². The van der Waals surface area contributed by atoms with Crippen molar-refractivity contribution >= 4 is 0 Å². The van der Waals surface area contributed by atoms with Crippen LogP contribution in [0.5, 0.6) is 0 Å². The maximum absolute atomic E-state index is 3.88. The fourth-order valence-corrected chi connectivity index (χ4v) is 6.22. The molecule has 0 spiro atoms. The summed E-state index contributed by atoms with van der Waals surface area (Å²) in [4.78, 5) is 0. The van der Waals surface area contributed by atoms with Crippen LogP contribution < -0.4 is 5.32 Å². The van der Waals surface area contributed by atoms with Crippen molar-refractivity contribution in [1.29, 1.82) is 0 Å². The molecule has 0 unspecified atom stereocenters. The van der Waals surface area contributed by atoms with E-state index in [1.165, 1.54) is 45.2 Å². The Kier molecular flexibility index (Phi) is 3.60. The predicted molar refractivity (Wildman–Crippen MR) is 80.0 cm³/mol. The fourth-order valence-electron chi connectivity index (χ4n) is 6.22. The molecule has 1 heteroatoms. The lowest BCUT2D eigenvalue weighted by molar-refractivity contribution is -0.0357. The molecule has 5 saturated carbocycles. The molecule has 5 fully saturated rings.